The van der Waals surface area contributed by atoms with Gasteiger partial charge in [0.25, 0.3) is 0 Å². The van der Waals surface area contributed by atoms with Gasteiger partial charge in [-0.3, -0.25) is 51.3 Å². The molecule has 8 rings (SSSR count). The number of alkyl carbamates (subject to hydrolysis) is 1. The number of ether oxygens (including phenoxy) is 4. The highest BCUT2D eigenvalue weighted by Crippen LogP contribution is 2.51. The molecule has 4 aliphatic heterocycles. The van der Waals surface area contributed by atoms with Gasteiger partial charge in [0.05, 0.1) is 45.8 Å². The highest BCUT2D eigenvalue weighted by atomic mass is 31.2. The van der Waals surface area contributed by atoms with Gasteiger partial charge in [-0.2, -0.15) is 4.98 Å². The molecule has 0 spiro atoms. The Hall–Kier alpha value is -7.44. The molecule has 0 radical (unpaired) electrons. The molecule has 0 saturated carbocycles. The van der Waals surface area contributed by atoms with E-state index in [-0.39, 0.29) is 68.7 Å². The SMILES string of the molecule is COc1ccc(C[C@H](NC(=O)[C@@H](CCCNC(C)=O)NC(=O)OC(C)(C)C)C(=O)NC2[C@@H](COP(=O)(O)OC3C[C@H](n4ccc(N)nc4=O)O[C@@H]3COP(=O)(O)OCCCCCCNC(=O)CN3CCN4/C=C\N(CCN(C)CC4)CC3)O[C@@H](n3cnc4c(N(C)C)ncnc43)[C@H]2O)cc1. The molecular formula is C62H97N17O19P2. The maximum absolute atomic E-state index is 15.0. The second kappa shape index (κ2) is 36.4. The van der Waals surface area contributed by atoms with Crippen LogP contribution in [0.4, 0.5) is 16.4 Å². The fourth-order valence-electron chi connectivity index (χ4n) is 11.5. The number of nitrogens with two attached hydrogens (primary N) is 1. The molecule has 5 amide bonds. The van der Waals surface area contributed by atoms with Crippen molar-refractivity contribution in [3.63, 3.8) is 0 Å². The van der Waals surface area contributed by atoms with E-state index in [1.165, 1.54) is 43.5 Å². The minimum absolute atomic E-state index is 0.0171. The summed E-state index contributed by atoms with van der Waals surface area (Å²) in [5.74, 6) is -1.32. The van der Waals surface area contributed by atoms with Gasteiger partial charge in [-0.25, -0.2) is 33.7 Å². The number of aliphatic hydroxyl groups is 1. The van der Waals surface area contributed by atoms with Crippen molar-refractivity contribution < 1.29 is 85.0 Å². The predicted octanol–water partition coefficient (Wildman–Crippen LogP) is 0.956. The van der Waals surface area contributed by atoms with Crippen LogP contribution in [0.3, 0.4) is 0 Å². The summed E-state index contributed by atoms with van der Waals surface area (Å²) in [5, 5.41) is 26.1. The Balaban J connectivity index is 0.924. The molecule has 2 saturated heterocycles. The number of carbonyl (C=O) groups excluding carboxylic acids is 5. The van der Waals surface area contributed by atoms with Gasteiger partial charge in [0.1, 0.15) is 66.2 Å². The van der Waals surface area contributed by atoms with Gasteiger partial charge in [-0.15, -0.1) is 0 Å². The molecule has 4 aliphatic rings. The summed E-state index contributed by atoms with van der Waals surface area (Å²) in [4.78, 5) is 130. The molecule has 4 aromatic rings. The lowest BCUT2D eigenvalue weighted by atomic mass is 10.0. The Morgan fingerprint density at radius 1 is 0.790 bits per heavy atom. The number of imidazole rings is 1. The number of amides is 5. The number of nitrogens with zero attached hydrogens (tertiary/aromatic N) is 11. The number of aliphatic hydroxyl groups excluding tert-OH is 1. The number of nitrogens with one attached hydrogen (secondary N) is 5. The number of anilines is 2. The van der Waals surface area contributed by atoms with Crippen LogP contribution >= 0.6 is 15.6 Å². The molecule has 0 aliphatic carbocycles. The Kier molecular flexibility index (Phi) is 28.5. The maximum atomic E-state index is 15.0. The minimum atomic E-state index is -5.36. The first-order chi connectivity index (χ1) is 47.5. The van der Waals surface area contributed by atoms with Crippen LogP contribution in [0, 0.1) is 0 Å². The number of hydrogen-bond acceptors (Lipinski definition) is 27. The molecule has 554 valence electrons. The average molecular weight is 1450 g/mol. The summed E-state index contributed by atoms with van der Waals surface area (Å²) >= 11 is 0. The Morgan fingerprint density at radius 3 is 2.13 bits per heavy atom. The standard InChI is InChI=1S/C62H97N17O19P2/c1-41(80)64-21-13-14-44(70-61(86)97-62(2,3)4)57(83)69-45(34-42-15-17-43(91-8)18-16-42)58(84)72-52-48(96-59(54(52)82)79-40-68-53-55(73(5)6)66-39-67-56(53)79)38-94-100(89,90)98-46-35-51(78-22-19-49(63)71-60(78)85)95-47(46)37-93-99(87,88)92-33-12-10-9-11-20-65-50(81)36-77-31-29-75-25-23-74(7)24-26-76(28-27-75)30-32-77/h15-19,22,27-28,39-40,44-48,51-52,54,59,82H,9-14,20-21,23-26,29-38H2,1-8H3,(H,64,80)(H,65,81)(H,69,83)(H,70,86)(H,72,84)(H,87,88)(H,89,90)(H2,63,71,85)/b28-27-/t44-,45+,46?,47-,48-,51-,52?,54+,59-/m1/s1. The monoisotopic (exact) mass is 1450 g/mol. The topological polar surface area (TPSA) is 435 Å². The van der Waals surface area contributed by atoms with Gasteiger partial charge in [0.15, 0.2) is 23.2 Å². The van der Waals surface area contributed by atoms with Gasteiger partial charge in [0.2, 0.25) is 23.6 Å². The maximum Gasteiger partial charge on any atom is 0.472 e. The zero-order chi connectivity index (χ0) is 72.3. The van der Waals surface area contributed by atoms with E-state index < -0.39 is 113 Å². The number of benzene rings is 1. The van der Waals surface area contributed by atoms with Crippen LogP contribution in [-0.4, -0.2) is 261 Å². The van der Waals surface area contributed by atoms with E-state index in [0.29, 0.717) is 54.9 Å². The van der Waals surface area contributed by atoms with Crippen LogP contribution in [0.5, 0.6) is 5.75 Å². The van der Waals surface area contributed by atoms with Crippen LogP contribution in [0.1, 0.15) is 90.7 Å². The van der Waals surface area contributed by atoms with Crippen molar-refractivity contribution in [3.8, 4) is 5.75 Å². The molecule has 3 aromatic heterocycles. The van der Waals surface area contributed by atoms with Crippen molar-refractivity contribution in [2.24, 2.45) is 0 Å². The number of carbonyl (C=O) groups is 5. The Labute approximate surface area is 580 Å². The van der Waals surface area contributed by atoms with E-state index >= 15 is 0 Å². The molecule has 2 bridgehead atoms. The Bertz CT molecular complexity index is 3540. The molecule has 10 N–H and O–H groups in total. The number of rotatable bonds is 33. The van der Waals surface area contributed by atoms with Gasteiger partial charge < -0.3 is 85.8 Å². The largest absolute Gasteiger partial charge is 0.497 e. The number of methoxy groups -OCH3 is 1. The van der Waals surface area contributed by atoms with E-state index in [2.05, 4.69) is 85.6 Å². The minimum Gasteiger partial charge on any atom is -0.497 e. The van der Waals surface area contributed by atoms with Crippen LogP contribution in [0.25, 0.3) is 11.2 Å². The van der Waals surface area contributed by atoms with Gasteiger partial charge in [-0.1, -0.05) is 25.0 Å². The molecule has 38 heteroatoms. The number of hydrogen-bond donors (Lipinski definition) is 9. The fourth-order valence-corrected chi connectivity index (χ4v) is 13.2. The third-order valence-corrected chi connectivity index (χ3v) is 18.9. The lowest BCUT2D eigenvalue weighted by Crippen LogP contribution is -2.58. The second-order valence-corrected chi connectivity index (χ2v) is 28.9. The molecule has 1 aromatic carbocycles. The molecular weight excluding hydrogens is 1350 g/mol. The van der Waals surface area contributed by atoms with E-state index in [0.717, 1.165) is 56.9 Å². The number of unbranched alkanes of at least 4 members (excludes halogenated alkanes) is 3. The quantitative estimate of drug-likeness (QED) is 0.0237. The first-order valence-electron chi connectivity index (χ1n) is 33.3. The summed E-state index contributed by atoms with van der Waals surface area (Å²) < 4.78 is 75.4. The first kappa shape index (κ1) is 78.3. The molecule has 100 heavy (non-hydrogen) atoms. The number of nitrogen functional groups attached to an aromatic ring is 1. The number of phosphoric ester groups is 2. The summed E-state index contributed by atoms with van der Waals surface area (Å²) in [6.45, 7) is 12.2. The van der Waals surface area contributed by atoms with Crippen molar-refractivity contribution in [3.05, 3.63) is 77.6 Å². The molecule has 36 nitrogen and oxygen atoms in total. The normalized spacial score (nSPS) is 22.9. The number of likely N-dealkylation sites (N-methyl/N-ethyl adjacent to an activating group) is 1. The van der Waals surface area contributed by atoms with Crippen molar-refractivity contribution in [2.45, 2.75) is 140 Å². The van der Waals surface area contributed by atoms with E-state index in [4.69, 9.17) is 42.8 Å². The second-order valence-electron chi connectivity index (χ2n) is 26.1. The smallest absolute Gasteiger partial charge is 0.472 e. The zero-order valence-corrected chi connectivity index (χ0v) is 59.6. The molecule has 2 fully saturated rings. The van der Waals surface area contributed by atoms with E-state index in [9.17, 15) is 52.8 Å². The van der Waals surface area contributed by atoms with Crippen LogP contribution in [-0.2, 0) is 67.0 Å². The third-order valence-electron chi connectivity index (χ3n) is 16.9. The third kappa shape index (κ3) is 23.8. The van der Waals surface area contributed by atoms with Crippen molar-refractivity contribution in [1.29, 1.82) is 0 Å². The highest BCUT2D eigenvalue weighted by Gasteiger charge is 2.49. The van der Waals surface area contributed by atoms with E-state index in [1.807, 2.05) is 0 Å². The highest BCUT2D eigenvalue weighted by molar-refractivity contribution is 7.47. The molecule has 7 heterocycles. The van der Waals surface area contributed by atoms with Crippen molar-refractivity contribution in [2.75, 3.05) is 131 Å². The van der Waals surface area contributed by atoms with Crippen LogP contribution < -0.4 is 47.6 Å². The fraction of sp³-hybridized carbons (Fsp3) is 0.645. The first-order valence-corrected chi connectivity index (χ1v) is 36.3. The summed E-state index contributed by atoms with van der Waals surface area (Å²) in [5.41, 5.74) is 4.95. The molecule has 11 atom stereocenters. The number of fused-ring (bicyclic) bond motifs is 3. The summed E-state index contributed by atoms with van der Waals surface area (Å²) in [6.07, 6.45) is 0.239. The Morgan fingerprint density at radius 2 is 1.46 bits per heavy atom. The van der Waals surface area contributed by atoms with Crippen LogP contribution in [0.2, 0.25) is 0 Å². The van der Waals surface area contributed by atoms with Gasteiger partial charge in [-0.05, 0) is 77.3 Å². The zero-order valence-electron chi connectivity index (χ0n) is 57.8. The van der Waals surface area contributed by atoms with Crippen molar-refractivity contribution in [1.82, 2.24) is 75.3 Å². The average Bonchev–Trinajstić information content (AvgIpc) is 1.61. The number of phosphoric acid groups is 2. The summed E-state index contributed by atoms with van der Waals surface area (Å²) in [6, 6.07) is 3.60. The lowest BCUT2D eigenvalue weighted by molar-refractivity contribution is -0.131. The predicted molar refractivity (Wildman–Crippen MR) is 363 cm³/mol. The summed E-state index contributed by atoms with van der Waals surface area (Å²) in [7, 11) is -3.13. The number of aromatic nitrogens is 6. The van der Waals surface area contributed by atoms with Gasteiger partial charge >= 0.3 is 27.4 Å². The lowest BCUT2D eigenvalue weighted by Gasteiger charge is -2.29. The van der Waals surface area contributed by atoms with Crippen molar-refractivity contribution >= 4 is 68.2 Å². The van der Waals surface area contributed by atoms with Crippen LogP contribution in [0.15, 0.2) is 66.4 Å². The van der Waals surface area contributed by atoms with E-state index in [1.54, 1.807) is 64.0 Å². The molecule has 4 unspecified atom stereocenters. The van der Waals surface area contributed by atoms with Gasteiger partial charge in [0, 0.05) is 118 Å².